The summed E-state index contributed by atoms with van der Waals surface area (Å²) >= 11 is 0. The second kappa shape index (κ2) is 7.58. The number of amides is 1. The number of rotatable bonds is 3. The molecule has 2 atom stereocenters. The molecule has 3 saturated heterocycles. The summed E-state index contributed by atoms with van der Waals surface area (Å²) in [6, 6.07) is 21.4. The monoisotopic (exact) mass is 390 g/mol. The molecule has 2 aromatic carbocycles. The number of hydrogen-bond acceptors (Lipinski definition) is 3. The first-order chi connectivity index (χ1) is 14.2. The quantitative estimate of drug-likeness (QED) is 0.869. The number of benzene rings is 2. The van der Waals surface area contributed by atoms with Crippen LogP contribution in [0.4, 0.5) is 0 Å². The lowest BCUT2D eigenvalue weighted by atomic mass is 9.67. The van der Waals surface area contributed by atoms with Crippen LogP contribution in [0.25, 0.3) is 0 Å². The van der Waals surface area contributed by atoms with E-state index in [1.165, 1.54) is 11.1 Å². The molecule has 1 amide bonds. The highest BCUT2D eigenvalue weighted by Gasteiger charge is 2.54. The molecule has 0 radical (unpaired) electrons. The lowest BCUT2D eigenvalue weighted by Crippen LogP contribution is -2.57. The molecule has 3 aliphatic heterocycles. The Hall–Kier alpha value is -2.17. The van der Waals surface area contributed by atoms with Crippen molar-refractivity contribution in [2.24, 2.45) is 5.41 Å². The molecule has 3 fully saturated rings. The fraction of sp³-hybridized carbons (Fsp3) is 0.480. The van der Waals surface area contributed by atoms with Crippen LogP contribution >= 0.6 is 0 Å². The third kappa shape index (κ3) is 3.10. The number of carbonyl (C=O) groups is 1. The van der Waals surface area contributed by atoms with Gasteiger partial charge in [0.05, 0.1) is 17.6 Å². The Balaban J connectivity index is 1.42. The maximum atomic E-state index is 13.0. The van der Waals surface area contributed by atoms with Crippen LogP contribution in [0.1, 0.15) is 42.7 Å². The Morgan fingerprint density at radius 1 is 0.931 bits per heavy atom. The van der Waals surface area contributed by atoms with Crippen molar-refractivity contribution in [3.63, 3.8) is 0 Å². The maximum Gasteiger partial charge on any atom is 0.227 e. The van der Waals surface area contributed by atoms with Crippen LogP contribution in [-0.4, -0.2) is 43.7 Å². The van der Waals surface area contributed by atoms with Gasteiger partial charge in [0.15, 0.2) is 0 Å². The topological polar surface area (TPSA) is 41.6 Å². The molecule has 0 saturated carbocycles. The molecule has 29 heavy (non-hydrogen) atoms. The van der Waals surface area contributed by atoms with Crippen LogP contribution in [0.5, 0.6) is 0 Å². The molecule has 0 bridgehead atoms. The Labute approximate surface area is 173 Å². The lowest BCUT2D eigenvalue weighted by Gasteiger charge is -2.51. The molecule has 3 heterocycles. The molecule has 152 valence electrons. The number of hydrogen-bond donors (Lipinski definition) is 1. The highest BCUT2D eigenvalue weighted by Crippen LogP contribution is 2.50. The standard InChI is InChI=1S/C25H30N2O2/c28-23-24(22(18-26-23)20-8-3-1-4-9-20)13-15-27(16-14-24)25(12-7-17-29-19-25)21-10-5-2-6-11-21/h1-6,8-11,22H,7,12-19H2,(H,26,28). The van der Waals surface area contributed by atoms with E-state index >= 15 is 0 Å². The zero-order valence-electron chi connectivity index (χ0n) is 17.0. The Morgan fingerprint density at radius 3 is 2.28 bits per heavy atom. The molecule has 1 spiro atoms. The summed E-state index contributed by atoms with van der Waals surface area (Å²) in [4.78, 5) is 15.6. The number of nitrogens with one attached hydrogen (secondary N) is 1. The molecular weight excluding hydrogens is 360 g/mol. The number of piperidine rings is 1. The number of likely N-dealkylation sites (tertiary alicyclic amines) is 1. The smallest absolute Gasteiger partial charge is 0.227 e. The maximum absolute atomic E-state index is 13.0. The summed E-state index contributed by atoms with van der Waals surface area (Å²) in [6.07, 6.45) is 4.03. The second-order valence-corrected chi connectivity index (χ2v) is 8.87. The van der Waals surface area contributed by atoms with Crippen LogP contribution in [0.3, 0.4) is 0 Å². The lowest BCUT2D eigenvalue weighted by molar-refractivity contribution is -0.134. The van der Waals surface area contributed by atoms with Gasteiger partial charge in [-0.2, -0.15) is 0 Å². The largest absolute Gasteiger partial charge is 0.379 e. The zero-order valence-corrected chi connectivity index (χ0v) is 17.0. The van der Waals surface area contributed by atoms with Crippen LogP contribution in [0, 0.1) is 5.41 Å². The van der Waals surface area contributed by atoms with E-state index in [2.05, 4.69) is 70.9 Å². The highest BCUT2D eigenvalue weighted by molar-refractivity contribution is 5.86. The van der Waals surface area contributed by atoms with E-state index in [1.54, 1.807) is 0 Å². The highest BCUT2D eigenvalue weighted by atomic mass is 16.5. The van der Waals surface area contributed by atoms with Crippen LogP contribution in [0.2, 0.25) is 0 Å². The molecule has 4 nitrogen and oxygen atoms in total. The van der Waals surface area contributed by atoms with Gasteiger partial charge in [-0.05, 0) is 36.8 Å². The molecule has 1 N–H and O–H groups in total. The predicted molar refractivity (Wildman–Crippen MR) is 114 cm³/mol. The Kier molecular flexibility index (Phi) is 4.92. The molecule has 4 heteroatoms. The molecule has 5 rings (SSSR count). The average molecular weight is 391 g/mol. The van der Waals surface area contributed by atoms with E-state index in [0.29, 0.717) is 0 Å². The van der Waals surface area contributed by atoms with Gasteiger partial charge < -0.3 is 10.1 Å². The zero-order chi connectivity index (χ0) is 19.7. The minimum absolute atomic E-state index is 0.0571. The van der Waals surface area contributed by atoms with Gasteiger partial charge in [-0.25, -0.2) is 0 Å². The normalized spacial score (nSPS) is 29.7. The first-order valence-electron chi connectivity index (χ1n) is 11.0. The van der Waals surface area contributed by atoms with Crippen molar-refractivity contribution in [3.05, 3.63) is 71.8 Å². The molecular formula is C25H30N2O2. The number of carbonyl (C=O) groups excluding carboxylic acids is 1. The van der Waals surface area contributed by atoms with E-state index in [9.17, 15) is 4.79 Å². The van der Waals surface area contributed by atoms with Gasteiger partial charge >= 0.3 is 0 Å². The average Bonchev–Trinajstić information content (AvgIpc) is 3.11. The fourth-order valence-corrected chi connectivity index (χ4v) is 5.94. The molecule has 0 aliphatic carbocycles. The minimum Gasteiger partial charge on any atom is -0.379 e. The van der Waals surface area contributed by atoms with E-state index < -0.39 is 0 Å². The molecule has 0 aromatic heterocycles. The fourth-order valence-electron chi connectivity index (χ4n) is 5.94. The number of ether oxygens (including phenoxy) is 1. The molecule has 2 aromatic rings. The summed E-state index contributed by atoms with van der Waals surface area (Å²) in [5.41, 5.74) is 2.31. The predicted octanol–water partition coefficient (Wildman–Crippen LogP) is 3.69. The van der Waals surface area contributed by atoms with Crippen molar-refractivity contribution in [1.29, 1.82) is 0 Å². The van der Waals surface area contributed by atoms with Crippen molar-refractivity contribution in [1.82, 2.24) is 10.2 Å². The van der Waals surface area contributed by atoms with E-state index in [-0.39, 0.29) is 22.8 Å². The first kappa shape index (κ1) is 18.8. The first-order valence-corrected chi connectivity index (χ1v) is 11.0. The Morgan fingerprint density at radius 2 is 1.62 bits per heavy atom. The summed E-state index contributed by atoms with van der Waals surface area (Å²) in [6.45, 7) is 4.24. The third-order valence-electron chi connectivity index (χ3n) is 7.58. The van der Waals surface area contributed by atoms with E-state index in [0.717, 1.165) is 58.5 Å². The van der Waals surface area contributed by atoms with E-state index in [4.69, 9.17) is 4.74 Å². The van der Waals surface area contributed by atoms with Crippen molar-refractivity contribution in [3.8, 4) is 0 Å². The van der Waals surface area contributed by atoms with Gasteiger partial charge in [-0.1, -0.05) is 60.7 Å². The molecule has 3 aliphatic rings. The van der Waals surface area contributed by atoms with Gasteiger partial charge in [0, 0.05) is 32.2 Å². The van der Waals surface area contributed by atoms with Crippen molar-refractivity contribution >= 4 is 5.91 Å². The summed E-state index contributed by atoms with van der Waals surface area (Å²) in [7, 11) is 0. The van der Waals surface area contributed by atoms with Crippen molar-refractivity contribution in [2.75, 3.05) is 32.8 Å². The summed E-state index contributed by atoms with van der Waals surface area (Å²) < 4.78 is 6.00. The summed E-state index contributed by atoms with van der Waals surface area (Å²) in [5.74, 6) is 0.522. The third-order valence-corrected chi connectivity index (χ3v) is 7.58. The molecule has 2 unspecified atom stereocenters. The summed E-state index contributed by atoms with van der Waals surface area (Å²) in [5, 5.41) is 3.18. The number of nitrogens with zero attached hydrogens (tertiary/aromatic N) is 1. The van der Waals surface area contributed by atoms with Crippen LogP contribution < -0.4 is 5.32 Å². The SMILES string of the molecule is O=C1NCC(c2ccccc2)C12CCN(C1(c3ccccc3)CCCOC1)CC2. The van der Waals surface area contributed by atoms with Crippen LogP contribution in [0.15, 0.2) is 60.7 Å². The van der Waals surface area contributed by atoms with Gasteiger partial charge in [-0.15, -0.1) is 0 Å². The minimum atomic E-state index is -0.273. The van der Waals surface area contributed by atoms with Crippen molar-refractivity contribution in [2.45, 2.75) is 37.1 Å². The second-order valence-electron chi connectivity index (χ2n) is 8.87. The van der Waals surface area contributed by atoms with Crippen LogP contribution in [-0.2, 0) is 15.1 Å². The Bertz CT molecular complexity index is 838. The van der Waals surface area contributed by atoms with Gasteiger partial charge in [0.25, 0.3) is 0 Å². The van der Waals surface area contributed by atoms with Gasteiger partial charge in [0.1, 0.15) is 0 Å². The van der Waals surface area contributed by atoms with Gasteiger partial charge in [0.2, 0.25) is 5.91 Å². The van der Waals surface area contributed by atoms with E-state index in [1.807, 2.05) is 0 Å². The van der Waals surface area contributed by atoms with Gasteiger partial charge in [-0.3, -0.25) is 9.69 Å². The van der Waals surface area contributed by atoms with Crippen molar-refractivity contribution < 1.29 is 9.53 Å².